The van der Waals surface area contributed by atoms with Crippen LogP contribution in [0.4, 0.5) is 0 Å². The zero-order valence-corrected chi connectivity index (χ0v) is 10.6. The number of nitrogens with zero attached hydrogens (tertiary/aromatic N) is 1. The van der Waals surface area contributed by atoms with Crippen molar-refractivity contribution in [3.8, 4) is 0 Å². The standard InChI is InChI=1S/C10H21NO2S/c1-10(2,13-3)14(4,5)8-6-7-11-9-12/h6-8H2,1-5H3. The summed E-state index contributed by atoms with van der Waals surface area (Å²) in [6, 6.07) is 0. The number of rotatable bonds is 6. The first-order chi connectivity index (χ1) is 6.37. The average Bonchev–Trinajstić information content (AvgIpc) is 2.12. The Bertz CT molecular complexity index is 220. The van der Waals surface area contributed by atoms with Crippen LogP contribution < -0.4 is 0 Å². The largest absolute Gasteiger partial charge is 0.370 e. The van der Waals surface area contributed by atoms with Crippen molar-refractivity contribution in [1.29, 1.82) is 0 Å². The fraction of sp³-hybridized carbons (Fsp3) is 0.900. The van der Waals surface area contributed by atoms with Crippen LogP contribution in [0.25, 0.3) is 0 Å². The molecule has 14 heavy (non-hydrogen) atoms. The predicted octanol–water partition coefficient (Wildman–Crippen LogP) is 2.16. The lowest BCUT2D eigenvalue weighted by atomic mass is 10.5. The molecule has 0 rings (SSSR count). The molecule has 0 fully saturated rings. The van der Waals surface area contributed by atoms with Gasteiger partial charge in [-0.15, -0.1) is 0 Å². The molecule has 0 aliphatic heterocycles. The minimum absolute atomic E-state index is 0.0715. The zero-order chi connectivity index (χ0) is 11.2. The van der Waals surface area contributed by atoms with Gasteiger partial charge in [-0.3, -0.25) is 0 Å². The third-order valence-electron chi connectivity index (χ3n) is 2.81. The number of aliphatic imine (C=N–C) groups is 1. The van der Waals surface area contributed by atoms with Crippen LogP contribution in [-0.2, 0) is 9.53 Å². The summed E-state index contributed by atoms with van der Waals surface area (Å²) in [5, 5.41) is 0. The smallest absolute Gasteiger partial charge is 0.234 e. The summed E-state index contributed by atoms with van der Waals surface area (Å²) >= 11 is 0. The molecule has 84 valence electrons. The molecule has 0 unspecified atom stereocenters. The summed E-state index contributed by atoms with van der Waals surface area (Å²) in [5.41, 5.74) is 0. The van der Waals surface area contributed by atoms with Crippen molar-refractivity contribution in [2.24, 2.45) is 4.99 Å². The summed E-state index contributed by atoms with van der Waals surface area (Å²) in [6.45, 7) is 4.82. The van der Waals surface area contributed by atoms with Gasteiger partial charge < -0.3 is 4.74 Å². The van der Waals surface area contributed by atoms with Gasteiger partial charge in [0.2, 0.25) is 6.08 Å². The van der Waals surface area contributed by atoms with Gasteiger partial charge in [-0.2, -0.15) is 0 Å². The van der Waals surface area contributed by atoms with Gasteiger partial charge in [-0.25, -0.2) is 19.8 Å². The van der Waals surface area contributed by atoms with Crippen LogP contribution in [0.3, 0.4) is 0 Å². The molecule has 0 amide bonds. The Kier molecular flexibility index (Phi) is 5.42. The molecule has 0 aliphatic carbocycles. The Morgan fingerprint density at radius 3 is 2.43 bits per heavy atom. The minimum atomic E-state index is -0.802. The molecule has 0 aromatic rings. The highest BCUT2D eigenvalue weighted by molar-refractivity contribution is 8.33. The Morgan fingerprint density at radius 2 is 2.00 bits per heavy atom. The third-order valence-corrected chi connectivity index (χ3v) is 6.95. The molecule has 4 heteroatoms. The Balaban J connectivity index is 4.13. The third kappa shape index (κ3) is 3.82. The molecule has 0 saturated heterocycles. The van der Waals surface area contributed by atoms with E-state index in [-0.39, 0.29) is 4.93 Å². The number of methoxy groups -OCH3 is 1. The Labute approximate surface area is 88.3 Å². The minimum Gasteiger partial charge on any atom is -0.370 e. The second-order valence-corrected chi connectivity index (χ2v) is 8.64. The van der Waals surface area contributed by atoms with Crippen molar-refractivity contribution in [3.63, 3.8) is 0 Å². The van der Waals surface area contributed by atoms with E-state index in [1.165, 1.54) is 0 Å². The van der Waals surface area contributed by atoms with Gasteiger partial charge in [-0.05, 0) is 38.5 Å². The van der Waals surface area contributed by atoms with E-state index in [4.69, 9.17) is 4.74 Å². The van der Waals surface area contributed by atoms with Crippen LogP contribution in [0.5, 0.6) is 0 Å². The molecule has 0 aromatic heterocycles. The topological polar surface area (TPSA) is 38.7 Å². The lowest BCUT2D eigenvalue weighted by Gasteiger charge is -2.45. The van der Waals surface area contributed by atoms with E-state index in [0.717, 1.165) is 12.2 Å². The molecule has 0 heterocycles. The van der Waals surface area contributed by atoms with Crippen LogP contribution in [0.1, 0.15) is 20.3 Å². The normalized spacial score (nSPS) is 13.5. The quantitative estimate of drug-likeness (QED) is 0.390. The van der Waals surface area contributed by atoms with E-state index >= 15 is 0 Å². The van der Waals surface area contributed by atoms with E-state index in [1.54, 1.807) is 13.2 Å². The highest BCUT2D eigenvalue weighted by Gasteiger charge is 2.31. The highest BCUT2D eigenvalue weighted by Crippen LogP contribution is 2.53. The SMILES string of the molecule is COC(C)(C)S(C)(C)CCCN=C=O. The van der Waals surface area contributed by atoms with Gasteiger partial charge in [-0.1, -0.05) is 0 Å². The van der Waals surface area contributed by atoms with Gasteiger partial charge in [0, 0.05) is 7.11 Å². The molecule has 0 aliphatic rings. The van der Waals surface area contributed by atoms with Gasteiger partial charge in [0.05, 0.1) is 11.5 Å². The molecule has 0 aromatic carbocycles. The maximum absolute atomic E-state index is 9.87. The molecule has 3 nitrogen and oxygen atoms in total. The first kappa shape index (κ1) is 13.7. The van der Waals surface area contributed by atoms with Crippen LogP contribution in [0, 0.1) is 0 Å². The number of isocyanates is 1. The van der Waals surface area contributed by atoms with Crippen molar-refractivity contribution in [1.82, 2.24) is 0 Å². The summed E-state index contributed by atoms with van der Waals surface area (Å²) in [6.07, 6.45) is 7.00. The zero-order valence-electron chi connectivity index (χ0n) is 9.79. The second-order valence-electron chi connectivity index (χ2n) is 4.17. The Hall–Kier alpha value is -0.310. The van der Waals surface area contributed by atoms with Crippen molar-refractivity contribution < 1.29 is 9.53 Å². The molecule has 0 spiro atoms. The molecule has 0 radical (unpaired) electrons. The lowest BCUT2D eigenvalue weighted by molar-refractivity contribution is 0.0996. The predicted molar refractivity (Wildman–Crippen MR) is 63.0 cm³/mol. The fourth-order valence-corrected chi connectivity index (χ4v) is 2.82. The van der Waals surface area contributed by atoms with Crippen LogP contribution >= 0.6 is 10.0 Å². The van der Waals surface area contributed by atoms with E-state index in [9.17, 15) is 4.79 Å². The van der Waals surface area contributed by atoms with E-state index in [1.807, 2.05) is 0 Å². The van der Waals surface area contributed by atoms with Gasteiger partial charge >= 0.3 is 0 Å². The van der Waals surface area contributed by atoms with Gasteiger partial charge in [0.25, 0.3) is 0 Å². The van der Waals surface area contributed by atoms with Crippen LogP contribution in [0.2, 0.25) is 0 Å². The van der Waals surface area contributed by atoms with Crippen molar-refractivity contribution in [2.75, 3.05) is 31.9 Å². The molecule has 0 saturated carbocycles. The summed E-state index contributed by atoms with van der Waals surface area (Å²) in [4.78, 5) is 13.4. The van der Waals surface area contributed by atoms with Gasteiger partial charge in [0.1, 0.15) is 0 Å². The molecule has 0 bridgehead atoms. The maximum Gasteiger partial charge on any atom is 0.234 e. The number of carbonyl (C=O) groups excluding carboxylic acids is 1. The lowest BCUT2D eigenvalue weighted by Crippen LogP contribution is -2.31. The Morgan fingerprint density at radius 1 is 1.43 bits per heavy atom. The van der Waals surface area contributed by atoms with Crippen molar-refractivity contribution >= 4 is 16.1 Å². The van der Waals surface area contributed by atoms with E-state index in [0.29, 0.717) is 6.54 Å². The van der Waals surface area contributed by atoms with Crippen LogP contribution in [-0.4, -0.2) is 42.9 Å². The van der Waals surface area contributed by atoms with E-state index in [2.05, 4.69) is 31.4 Å². The van der Waals surface area contributed by atoms with Crippen LogP contribution in [0.15, 0.2) is 4.99 Å². The monoisotopic (exact) mass is 219 g/mol. The fourth-order valence-electron chi connectivity index (χ4n) is 1.02. The van der Waals surface area contributed by atoms with E-state index < -0.39 is 10.0 Å². The molecular weight excluding hydrogens is 198 g/mol. The first-order valence-electron chi connectivity index (χ1n) is 4.67. The number of hydrogen-bond donors (Lipinski definition) is 0. The highest BCUT2D eigenvalue weighted by atomic mass is 32.3. The van der Waals surface area contributed by atoms with Gasteiger partial charge in [0.15, 0.2) is 0 Å². The van der Waals surface area contributed by atoms with Crippen molar-refractivity contribution in [2.45, 2.75) is 25.2 Å². The summed E-state index contributed by atoms with van der Waals surface area (Å²) < 4.78 is 5.49. The molecule has 0 N–H and O–H groups in total. The summed E-state index contributed by atoms with van der Waals surface area (Å²) in [5.74, 6) is 1.07. The number of ether oxygens (including phenoxy) is 1. The second kappa shape index (κ2) is 5.54. The summed E-state index contributed by atoms with van der Waals surface area (Å²) in [7, 11) is 0.946. The first-order valence-corrected chi connectivity index (χ1v) is 7.28. The maximum atomic E-state index is 9.87. The molecule has 0 atom stereocenters. The number of hydrogen-bond acceptors (Lipinski definition) is 3. The average molecular weight is 219 g/mol. The van der Waals surface area contributed by atoms with Crippen molar-refractivity contribution in [3.05, 3.63) is 0 Å². The molecular formula is C10H21NO2S.